The molecule has 5 nitrogen and oxygen atoms in total. The Morgan fingerprint density at radius 1 is 1.39 bits per heavy atom. The molecule has 0 aliphatic heterocycles. The van der Waals surface area contributed by atoms with E-state index in [0.29, 0.717) is 24.0 Å². The zero-order valence-corrected chi connectivity index (χ0v) is 10.8. The number of aliphatic hydroxyl groups excluding tert-OH is 1. The second-order valence-corrected chi connectivity index (χ2v) is 4.72. The molecule has 1 aliphatic rings. The Labute approximate surface area is 107 Å². The van der Waals surface area contributed by atoms with E-state index in [4.69, 9.17) is 0 Å². The summed E-state index contributed by atoms with van der Waals surface area (Å²) in [7, 11) is 0. The lowest BCUT2D eigenvalue weighted by Gasteiger charge is -2.38. The molecule has 0 saturated heterocycles. The van der Waals surface area contributed by atoms with Crippen molar-refractivity contribution in [2.24, 2.45) is 0 Å². The normalized spacial score (nSPS) is 15.0. The van der Waals surface area contributed by atoms with Crippen LogP contribution in [-0.2, 0) is 0 Å². The monoisotopic (exact) mass is 246 g/mol. The number of anilines is 1. The van der Waals surface area contributed by atoms with Crippen LogP contribution in [0.15, 0.2) is 0 Å². The Hall–Kier alpha value is -1.67. The number of hydrogen-bond donors (Lipinski definition) is 1. The summed E-state index contributed by atoms with van der Waals surface area (Å²) < 4.78 is 0. The highest BCUT2D eigenvalue weighted by Crippen LogP contribution is 2.30. The zero-order valence-electron chi connectivity index (χ0n) is 10.8. The highest BCUT2D eigenvalue weighted by molar-refractivity contribution is 5.58. The summed E-state index contributed by atoms with van der Waals surface area (Å²) in [5.74, 6) is 0.624. The van der Waals surface area contributed by atoms with Crippen LogP contribution in [0.5, 0.6) is 0 Å². The Bertz CT molecular complexity index is 477. The SMILES string of the molecule is Cc1nnc(N(CCO)C2CCC2)c(C#N)c1C. The van der Waals surface area contributed by atoms with Crippen molar-refractivity contribution in [2.75, 3.05) is 18.1 Å². The lowest BCUT2D eigenvalue weighted by molar-refractivity contribution is 0.282. The predicted molar refractivity (Wildman–Crippen MR) is 68.3 cm³/mol. The van der Waals surface area contributed by atoms with Gasteiger partial charge in [0, 0.05) is 12.6 Å². The molecule has 1 N–H and O–H groups in total. The average Bonchev–Trinajstić information content (AvgIpc) is 2.30. The lowest BCUT2D eigenvalue weighted by Crippen LogP contribution is -2.43. The summed E-state index contributed by atoms with van der Waals surface area (Å²) in [6.07, 6.45) is 3.39. The first kappa shape index (κ1) is 12.8. The third kappa shape index (κ3) is 2.16. The number of hydrogen-bond acceptors (Lipinski definition) is 5. The minimum atomic E-state index is 0.0654. The van der Waals surface area contributed by atoms with Crippen LogP contribution in [0.2, 0.25) is 0 Å². The second kappa shape index (κ2) is 5.32. The molecule has 0 unspecified atom stereocenters. The van der Waals surface area contributed by atoms with Crippen LogP contribution in [0.3, 0.4) is 0 Å². The fraction of sp³-hybridized carbons (Fsp3) is 0.615. The third-order valence-electron chi connectivity index (χ3n) is 3.68. The first-order valence-electron chi connectivity index (χ1n) is 6.30. The number of rotatable bonds is 4. The van der Waals surface area contributed by atoms with Crippen LogP contribution in [0, 0.1) is 25.2 Å². The quantitative estimate of drug-likeness (QED) is 0.867. The first-order chi connectivity index (χ1) is 8.69. The number of nitrogens with zero attached hydrogens (tertiary/aromatic N) is 4. The van der Waals surface area contributed by atoms with Crippen molar-refractivity contribution < 1.29 is 5.11 Å². The van der Waals surface area contributed by atoms with Crippen LogP contribution in [0.25, 0.3) is 0 Å². The van der Waals surface area contributed by atoms with Crippen LogP contribution < -0.4 is 4.90 Å². The van der Waals surface area contributed by atoms with E-state index in [-0.39, 0.29) is 6.61 Å². The van der Waals surface area contributed by atoms with Crippen molar-refractivity contribution in [3.63, 3.8) is 0 Å². The van der Waals surface area contributed by atoms with Crippen molar-refractivity contribution in [3.8, 4) is 6.07 Å². The van der Waals surface area contributed by atoms with Crippen molar-refractivity contribution in [1.82, 2.24) is 10.2 Å². The van der Waals surface area contributed by atoms with Gasteiger partial charge in [0.15, 0.2) is 5.82 Å². The highest BCUT2D eigenvalue weighted by atomic mass is 16.3. The second-order valence-electron chi connectivity index (χ2n) is 4.72. The van der Waals surface area contributed by atoms with Gasteiger partial charge in [0.05, 0.1) is 12.3 Å². The van der Waals surface area contributed by atoms with E-state index < -0.39 is 0 Å². The van der Waals surface area contributed by atoms with Crippen molar-refractivity contribution in [1.29, 1.82) is 5.26 Å². The van der Waals surface area contributed by atoms with Gasteiger partial charge in [-0.25, -0.2) is 0 Å². The fourth-order valence-corrected chi connectivity index (χ4v) is 2.20. The summed E-state index contributed by atoms with van der Waals surface area (Å²) >= 11 is 0. The number of aliphatic hydroxyl groups is 1. The van der Waals surface area contributed by atoms with Gasteiger partial charge >= 0.3 is 0 Å². The van der Waals surface area contributed by atoms with Crippen molar-refractivity contribution in [3.05, 3.63) is 16.8 Å². The van der Waals surface area contributed by atoms with E-state index >= 15 is 0 Å². The molecule has 0 amide bonds. The average molecular weight is 246 g/mol. The summed E-state index contributed by atoms with van der Waals surface area (Å²) in [5.41, 5.74) is 2.25. The molecule has 1 aromatic rings. The van der Waals surface area contributed by atoms with Gasteiger partial charge in [-0.05, 0) is 38.7 Å². The Morgan fingerprint density at radius 3 is 2.61 bits per heavy atom. The summed E-state index contributed by atoms with van der Waals surface area (Å²) in [6.45, 7) is 4.32. The van der Waals surface area contributed by atoms with Crippen molar-refractivity contribution >= 4 is 5.82 Å². The standard InChI is InChI=1S/C13H18N4O/c1-9-10(2)15-16-13(12(9)8-14)17(6-7-18)11-4-3-5-11/h11,18H,3-7H2,1-2H3. The van der Waals surface area contributed by atoms with Gasteiger partial charge < -0.3 is 10.0 Å². The topological polar surface area (TPSA) is 73.0 Å². The molecule has 1 aliphatic carbocycles. The summed E-state index contributed by atoms with van der Waals surface area (Å²) in [6, 6.07) is 2.61. The fourth-order valence-electron chi connectivity index (χ4n) is 2.20. The van der Waals surface area contributed by atoms with Gasteiger partial charge in [0.1, 0.15) is 11.6 Å². The molecule has 1 saturated carbocycles. The van der Waals surface area contributed by atoms with Gasteiger partial charge in [-0.2, -0.15) is 10.4 Å². The highest BCUT2D eigenvalue weighted by Gasteiger charge is 2.28. The van der Waals surface area contributed by atoms with E-state index in [2.05, 4.69) is 16.3 Å². The molecule has 1 heterocycles. The molecule has 1 fully saturated rings. The molecule has 2 rings (SSSR count). The van der Waals surface area contributed by atoms with Crippen LogP contribution in [0.4, 0.5) is 5.82 Å². The molecular formula is C13H18N4O. The maximum absolute atomic E-state index is 9.31. The third-order valence-corrected chi connectivity index (χ3v) is 3.68. The van der Waals surface area contributed by atoms with Gasteiger partial charge in [-0.15, -0.1) is 5.10 Å². The van der Waals surface area contributed by atoms with Crippen molar-refractivity contribution in [2.45, 2.75) is 39.2 Å². The van der Waals surface area contributed by atoms with Gasteiger partial charge in [-0.1, -0.05) is 0 Å². The Morgan fingerprint density at radius 2 is 2.11 bits per heavy atom. The lowest BCUT2D eigenvalue weighted by atomic mass is 9.91. The predicted octanol–water partition coefficient (Wildman–Crippen LogP) is 1.32. The molecule has 0 bridgehead atoms. The minimum Gasteiger partial charge on any atom is -0.395 e. The molecule has 18 heavy (non-hydrogen) atoms. The largest absolute Gasteiger partial charge is 0.395 e. The van der Waals surface area contributed by atoms with Crippen LogP contribution in [0.1, 0.15) is 36.1 Å². The smallest absolute Gasteiger partial charge is 0.169 e. The van der Waals surface area contributed by atoms with E-state index in [0.717, 1.165) is 24.1 Å². The maximum Gasteiger partial charge on any atom is 0.169 e. The minimum absolute atomic E-state index is 0.0654. The molecule has 0 aromatic carbocycles. The van der Waals surface area contributed by atoms with Gasteiger partial charge in [-0.3, -0.25) is 0 Å². The van der Waals surface area contributed by atoms with E-state index in [1.807, 2.05) is 18.7 Å². The van der Waals surface area contributed by atoms with Crippen LogP contribution in [-0.4, -0.2) is 34.5 Å². The molecule has 0 radical (unpaired) electrons. The zero-order chi connectivity index (χ0) is 13.1. The summed E-state index contributed by atoms with van der Waals surface area (Å²) in [5, 5.41) is 26.8. The maximum atomic E-state index is 9.31. The molecule has 0 spiro atoms. The van der Waals surface area contributed by atoms with E-state index in [9.17, 15) is 10.4 Å². The number of aromatic nitrogens is 2. The van der Waals surface area contributed by atoms with E-state index in [1.54, 1.807) is 0 Å². The van der Waals surface area contributed by atoms with Gasteiger partial charge in [0.25, 0.3) is 0 Å². The number of nitriles is 1. The number of aryl methyl sites for hydroxylation is 1. The summed E-state index contributed by atoms with van der Waals surface area (Å²) in [4.78, 5) is 2.03. The molecule has 5 heteroatoms. The van der Waals surface area contributed by atoms with Gasteiger partial charge in [0.2, 0.25) is 0 Å². The Kier molecular flexibility index (Phi) is 3.78. The van der Waals surface area contributed by atoms with E-state index in [1.165, 1.54) is 6.42 Å². The molecule has 0 atom stereocenters. The van der Waals surface area contributed by atoms with Crippen LogP contribution >= 0.6 is 0 Å². The molecule has 96 valence electrons. The first-order valence-corrected chi connectivity index (χ1v) is 6.30. The molecule has 1 aromatic heterocycles. The Balaban J connectivity index is 2.41. The molecular weight excluding hydrogens is 228 g/mol.